The van der Waals surface area contributed by atoms with Crippen LogP contribution in [-0.4, -0.2) is 16.3 Å². The summed E-state index contributed by atoms with van der Waals surface area (Å²) < 4.78 is 0. The predicted octanol–water partition coefficient (Wildman–Crippen LogP) is 0.979. The lowest BCUT2D eigenvalue weighted by Gasteiger charge is -2.21. The van der Waals surface area contributed by atoms with Gasteiger partial charge in [0.25, 0.3) is 0 Å². The van der Waals surface area contributed by atoms with Gasteiger partial charge in [-0.05, 0) is 23.3 Å². The molecule has 14 heavy (non-hydrogen) atoms. The van der Waals surface area contributed by atoms with Crippen LogP contribution in [0.2, 0.25) is 0 Å². The van der Waals surface area contributed by atoms with E-state index in [0.29, 0.717) is 11.1 Å². The van der Waals surface area contributed by atoms with Gasteiger partial charge in [0.15, 0.2) is 0 Å². The van der Waals surface area contributed by atoms with E-state index in [0.717, 1.165) is 5.56 Å². The summed E-state index contributed by atoms with van der Waals surface area (Å²) in [6, 6.07) is 7.03. The number of hydrogen-bond donors (Lipinski definition) is 2. The fraction of sp³-hybridized carbons (Fsp3) is 0.182. The maximum absolute atomic E-state index is 9.61. The van der Waals surface area contributed by atoms with E-state index >= 15 is 0 Å². The second kappa shape index (κ2) is 3.26. The molecule has 0 saturated heterocycles. The van der Waals surface area contributed by atoms with Gasteiger partial charge in [0.1, 0.15) is 12.2 Å². The summed E-state index contributed by atoms with van der Waals surface area (Å²) in [5.41, 5.74) is 2.01. The van der Waals surface area contributed by atoms with E-state index < -0.39 is 12.2 Å². The van der Waals surface area contributed by atoms with Crippen molar-refractivity contribution in [1.82, 2.24) is 0 Å². The highest BCUT2D eigenvalue weighted by atomic mass is 16.3. The number of hydrogen-bond acceptors (Lipinski definition) is 3. The van der Waals surface area contributed by atoms with E-state index in [1.165, 1.54) is 6.08 Å². The van der Waals surface area contributed by atoms with Gasteiger partial charge >= 0.3 is 0 Å². The van der Waals surface area contributed by atoms with Crippen LogP contribution in [0.25, 0.3) is 6.08 Å². The van der Waals surface area contributed by atoms with Crippen LogP contribution < -0.4 is 0 Å². The fourth-order valence-corrected chi connectivity index (χ4v) is 1.55. The third-order valence-corrected chi connectivity index (χ3v) is 2.33. The zero-order valence-corrected chi connectivity index (χ0v) is 7.38. The van der Waals surface area contributed by atoms with Crippen LogP contribution in [0.1, 0.15) is 22.8 Å². The van der Waals surface area contributed by atoms with Crippen molar-refractivity contribution in [1.29, 1.82) is 5.26 Å². The van der Waals surface area contributed by atoms with Crippen LogP contribution in [-0.2, 0) is 0 Å². The minimum atomic E-state index is -0.886. The standard InChI is InChI=1S/C11H9NO2/c12-6-7-1-3-9-8(5-7)2-4-10(13)11(9)14/h1-5,10-11,13-14H. The molecule has 2 N–H and O–H groups in total. The van der Waals surface area contributed by atoms with Crippen molar-refractivity contribution in [2.24, 2.45) is 0 Å². The minimum absolute atomic E-state index is 0.553. The molecule has 2 rings (SSSR count). The van der Waals surface area contributed by atoms with Crippen LogP contribution in [0, 0.1) is 11.3 Å². The Morgan fingerprint density at radius 3 is 2.79 bits per heavy atom. The van der Waals surface area contributed by atoms with Crippen LogP contribution in [0.3, 0.4) is 0 Å². The van der Waals surface area contributed by atoms with E-state index in [9.17, 15) is 10.2 Å². The Balaban J connectivity index is 2.53. The molecule has 3 heteroatoms. The Labute approximate surface area is 81.5 Å². The molecule has 0 saturated carbocycles. The molecule has 0 heterocycles. The number of nitriles is 1. The first kappa shape index (κ1) is 8.95. The van der Waals surface area contributed by atoms with Crippen LogP contribution in [0.4, 0.5) is 0 Å². The lowest BCUT2D eigenvalue weighted by Crippen LogP contribution is -2.19. The van der Waals surface area contributed by atoms with Crippen LogP contribution in [0.15, 0.2) is 24.3 Å². The Bertz CT molecular complexity index is 431. The molecule has 1 aliphatic carbocycles. The summed E-state index contributed by atoms with van der Waals surface area (Å²) >= 11 is 0. The molecule has 0 aromatic heterocycles. The van der Waals surface area contributed by atoms with Crippen molar-refractivity contribution >= 4 is 6.08 Å². The van der Waals surface area contributed by atoms with Gasteiger partial charge in [-0.3, -0.25) is 0 Å². The van der Waals surface area contributed by atoms with Crippen molar-refractivity contribution in [3.8, 4) is 6.07 Å². The van der Waals surface area contributed by atoms with Crippen LogP contribution >= 0.6 is 0 Å². The number of aliphatic hydroxyl groups excluding tert-OH is 2. The second-order valence-electron chi connectivity index (χ2n) is 3.25. The second-order valence-corrected chi connectivity index (χ2v) is 3.25. The number of aliphatic hydroxyl groups is 2. The van der Waals surface area contributed by atoms with E-state index in [4.69, 9.17) is 5.26 Å². The molecule has 1 aromatic rings. The molecule has 3 nitrogen and oxygen atoms in total. The van der Waals surface area contributed by atoms with E-state index in [1.807, 2.05) is 6.07 Å². The van der Waals surface area contributed by atoms with Crippen molar-refractivity contribution in [2.45, 2.75) is 12.2 Å². The topological polar surface area (TPSA) is 64.2 Å². The zero-order chi connectivity index (χ0) is 10.1. The smallest absolute Gasteiger partial charge is 0.109 e. The van der Waals surface area contributed by atoms with Gasteiger partial charge in [0, 0.05) is 0 Å². The van der Waals surface area contributed by atoms with Gasteiger partial charge in [-0.15, -0.1) is 0 Å². The van der Waals surface area contributed by atoms with Crippen molar-refractivity contribution < 1.29 is 10.2 Å². The molecule has 0 spiro atoms. The van der Waals surface area contributed by atoms with Crippen molar-refractivity contribution in [3.63, 3.8) is 0 Å². The molecule has 2 unspecified atom stereocenters. The summed E-state index contributed by atoms with van der Waals surface area (Å²) in [6.45, 7) is 0. The molecule has 0 aliphatic heterocycles. The molecule has 1 aromatic carbocycles. The largest absolute Gasteiger partial charge is 0.386 e. The first-order valence-electron chi connectivity index (χ1n) is 4.31. The molecule has 0 amide bonds. The SMILES string of the molecule is N#Cc1ccc2c(c1)C=CC(O)C2O. The summed E-state index contributed by atoms with van der Waals surface area (Å²) in [5, 5.41) is 27.6. The van der Waals surface area contributed by atoms with E-state index in [-0.39, 0.29) is 0 Å². The molecule has 0 radical (unpaired) electrons. The monoisotopic (exact) mass is 187 g/mol. The van der Waals surface area contributed by atoms with Crippen molar-refractivity contribution in [2.75, 3.05) is 0 Å². The van der Waals surface area contributed by atoms with Crippen molar-refractivity contribution in [3.05, 3.63) is 41.0 Å². The minimum Gasteiger partial charge on any atom is -0.386 e. The molecule has 1 aliphatic rings. The predicted molar refractivity (Wildman–Crippen MR) is 51.2 cm³/mol. The highest BCUT2D eigenvalue weighted by Gasteiger charge is 2.21. The van der Waals surface area contributed by atoms with Gasteiger partial charge < -0.3 is 10.2 Å². The summed E-state index contributed by atoms with van der Waals surface area (Å²) in [7, 11) is 0. The average molecular weight is 187 g/mol. The Morgan fingerprint density at radius 1 is 1.29 bits per heavy atom. The highest BCUT2D eigenvalue weighted by molar-refractivity contribution is 5.60. The maximum atomic E-state index is 9.61. The quantitative estimate of drug-likeness (QED) is 0.636. The Kier molecular flexibility index (Phi) is 2.08. The van der Waals surface area contributed by atoms with Gasteiger partial charge in [-0.2, -0.15) is 5.26 Å². The van der Waals surface area contributed by atoms with Gasteiger partial charge in [-0.25, -0.2) is 0 Å². The maximum Gasteiger partial charge on any atom is 0.109 e. The molecular weight excluding hydrogens is 178 g/mol. The molecule has 70 valence electrons. The molecule has 2 atom stereocenters. The lowest BCUT2D eigenvalue weighted by molar-refractivity contribution is 0.0470. The summed E-state index contributed by atoms with van der Waals surface area (Å²) in [4.78, 5) is 0. The lowest BCUT2D eigenvalue weighted by atomic mass is 9.92. The fourth-order valence-electron chi connectivity index (χ4n) is 1.55. The van der Waals surface area contributed by atoms with Gasteiger partial charge in [0.05, 0.1) is 11.6 Å². The molecule has 0 fully saturated rings. The van der Waals surface area contributed by atoms with Gasteiger partial charge in [0.2, 0.25) is 0 Å². The number of nitrogens with zero attached hydrogens (tertiary/aromatic N) is 1. The van der Waals surface area contributed by atoms with Crippen LogP contribution in [0.5, 0.6) is 0 Å². The Hall–Kier alpha value is -1.63. The Morgan fingerprint density at radius 2 is 2.07 bits per heavy atom. The molecular formula is C11H9NO2. The summed E-state index contributed by atoms with van der Waals surface area (Å²) in [6.07, 6.45) is 1.50. The first-order valence-corrected chi connectivity index (χ1v) is 4.31. The normalized spacial score (nSPS) is 24.1. The van der Waals surface area contributed by atoms with Gasteiger partial charge in [-0.1, -0.05) is 18.2 Å². The number of rotatable bonds is 0. The van der Waals surface area contributed by atoms with E-state index in [1.54, 1.807) is 24.3 Å². The highest BCUT2D eigenvalue weighted by Crippen LogP contribution is 2.28. The number of benzene rings is 1. The zero-order valence-electron chi connectivity index (χ0n) is 7.38. The summed E-state index contributed by atoms with van der Waals surface area (Å²) in [5.74, 6) is 0. The van der Waals surface area contributed by atoms with E-state index in [2.05, 4.69) is 0 Å². The third-order valence-electron chi connectivity index (χ3n) is 2.33. The first-order chi connectivity index (χ1) is 6.72. The average Bonchev–Trinajstić information content (AvgIpc) is 2.23. The number of fused-ring (bicyclic) bond motifs is 1. The third kappa shape index (κ3) is 1.31. The molecule has 0 bridgehead atoms.